The topological polar surface area (TPSA) is 69.9 Å². The number of rotatable bonds is 1. The van der Waals surface area contributed by atoms with Crippen molar-refractivity contribution < 1.29 is 0 Å². The van der Waals surface area contributed by atoms with Gasteiger partial charge >= 0.3 is 0 Å². The van der Waals surface area contributed by atoms with Gasteiger partial charge in [0.15, 0.2) is 5.82 Å². The Morgan fingerprint density at radius 3 is 2.38 bits per heavy atom. The summed E-state index contributed by atoms with van der Waals surface area (Å²) in [7, 11) is 0. The molecule has 0 bridgehead atoms. The lowest BCUT2D eigenvalue weighted by molar-refractivity contribution is 0.897. The van der Waals surface area contributed by atoms with Crippen LogP contribution in [0.3, 0.4) is 0 Å². The van der Waals surface area contributed by atoms with Crippen molar-refractivity contribution in [1.82, 2.24) is 9.78 Å². The summed E-state index contributed by atoms with van der Waals surface area (Å²) in [6.07, 6.45) is 0. The molecule has 65 valence electrons. The quantitative estimate of drug-likeness (QED) is 0.671. The van der Waals surface area contributed by atoms with Crippen LogP contribution in [0.2, 0.25) is 0 Å². The van der Waals surface area contributed by atoms with E-state index in [9.17, 15) is 0 Å². The van der Waals surface area contributed by atoms with Crippen LogP contribution in [-0.2, 0) is 0 Å². The number of nitrogens with zero attached hydrogens (tertiary/aromatic N) is 2. The van der Waals surface area contributed by atoms with Crippen LogP contribution in [0.4, 0.5) is 11.6 Å². The summed E-state index contributed by atoms with van der Waals surface area (Å²) in [6, 6.07) is 12.3. The van der Waals surface area contributed by atoms with E-state index in [2.05, 4.69) is 11.2 Å². The molecule has 13 heavy (non-hydrogen) atoms. The molecule has 0 saturated carbocycles. The highest BCUT2D eigenvalue weighted by atomic mass is 15.3. The van der Waals surface area contributed by atoms with Crippen molar-refractivity contribution in [3.05, 3.63) is 36.4 Å². The predicted molar refractivity (Wildman–Crippen MR) is 51.2 cm³/mol. The molecule has 2 rings (SSSR count). The van der Waals surface area contributed by atoms with Gasteiger partial charge in [0.1, 0.15) is 5.82 Å². The molecule has 0 aliphatic heterocycles. The molecule has 0 saturated heterocycles. The Morgan fingerprint density at radius 1 is 1.15 bits per heavy atom. The van der Waals surface area contributed by atoms with Crippen LogP contribution >= 0.6 is 0 Å². The standard InChI is InChI=1S/C9H9N4/c10-8-6-9(11)13(12-8)7-4-2-1-3-5-7/h1-5H,11H2,(H2,10,12). The minimum atomic E-state index is 0.307. The number of nitrogen functional groups attached to an aromatic ring is 2. The number of anilines is 2. The minimum absolute atomic E-state index is 0.307. The Hall–Kier alpha value is -1.97. The van der Waals surface area contributed by atoms with Gasteiger partial charge in [0.2, 0.25) is 0 Å². The second kappa shape index (κ2) is 2.82. The molecule has 0 unspecified atom stereocenters. The van der Waals surface area contributed by atoms with E-state index in [1.807, 2.05) is 30.3 Å². The van der Waals surface area contributed by atoms with Gasteiger partial charge in [-0.15, -0.1) is 5.10 Å². The molecular formula is C9H9N4. The summed E-state index contributed by atoms with van der Waals surface area (Å²) >= 11 is 0. The largest absolute Gasteiger partial charge is 0.383 e. The third kappa shape index (κ3) is 1.33. The smallest absolute Gasteiger partial charge is 0.156 e. The van der Waals surface area contributed by atoms with Gasteiger partial charge in [0, 0.05) is 0 Å². The first-order valence-electron chi connectivity index (χ1n) is 3.86. The van der Waals surface area contributed by atoms with Crippen LogP contribution in [0.25, 0.3) is 5.69 Å². The van der Waals surface area contributed by atoms with Gasteiger partial charge in [0.05, 0.1) is 11.8 Å². The van der Waals surface area contributed by atoms with Crippen molar-refractivity contribution in [2.75, 3.05) is 11.5 Å². The molecule has 1 aromatic heterocycles. The van der Waals surface area contributed by atoms with Gasteiger partial charge in [-0.1, -0.05) is 18.2 Å². The Kier molecular flexibility index (Phi) is 1.66. The fourth-order valence-corrected chi connectivity index (χ4v) is 1.14. The van der Waals surface area contributed by atoms with Crippen molar-refractivity contribution in [3.8, 4) is 5.69 Å². The van der Waals surface area contributed by atoms with E-state index < -0.39 is 0 Å². The first-order valence-corrected chi connectivity index (χ1v) is 3.86. The normalized spacial score (nSPS) is 10.2. The molecule has 1 heterocycles. The third-order valence-corrected chi connectivity index (χ3v) is 1.69. The van der Waals surface area contributed by atoms with Crippen molar-refractivity contribution >= 4 is 11.6 Å². The zero-order chi connectivity index (χ0) is 9.26. The fraction of sp³-hybridized carbons (Fsp3) is 0. The number of hydrogen-bond donors (Lipinski definition) is 2. The van der Waals surface area contributed by atoms with Crippen molar-refractivity contribution in [1.29, 1.82) is 0 Å². The maximum atomic E-state index is 5.64. The Labute approximate surface area is 75.8 Å². The highest BCUT2D eigenvalue weighted by Crippen LogP contribution is 2.13. The fourth-order valence-electron chi connectivity index (χ4n) is 1.14. The molecule has 4 nitrogen and oxygen atoms in total. The van der Waals surface area contributed by atoms with Gasteiger partial charge < -0.3 is 11.5 Å². The van der Waals surface area contributed by atoms with Crippen molar-refractivity contribution in [3.63, 3.8) is 0 Å². The van der Waals surface area contributed by atoms with E-state index in [0.29, 0.717) is 11.6 Å². The maximum absolute atomic E-state index is 5.64. The Morgan fingerprint density at radius 2 is 1.85 bits per heavy atom. The summed E-state index contributed by atoms with van der Waals surface area (Å²) in [5.41, 5.74) is 12.0. The highest BCUT2D eigenvalue weighted by molar-refractivity contribution is 5.47. The molecule has 2 aromatic rings. The summed E-state index contributed by atoms with van der Waals surface area (Å²) in [5.74, 6) is 0.727. The van der Waals surface area contributed by atoms with E-state index in [0.717, 1.165) is 5.69 Å². The lowest BCUT2D eigenvalue weighted by atomic mass is 10.3. The SMILES string of the molecule is Nc1[c]c(N)n(-c2ccccc2)n1. The van der Waals surface area contributed by atoms with E-state index in [-0.39, 0.29) is 0 Å². The number of benzene rings is 1. The minimum Gasteiger partial charge on any atom is -0.383 e. The van der Waals surface area contributed by atoms with Gasteiger partial charge in [-0.3, -0.25) is 0 Å². The summed E-state index contributed by atoms with van der Waals surface area (Å²) in [6.45, 7) is 0. The first kappa shape index (κ1) is 7.67. The molecule has 0 atom stereocenters. The van der Waals surface area contributed by atoms with Gasteiger partial charge in [-0.25, -0.2) is 4.68 Å². The van der Waals surface area contributed by atoms with Gasteiger partial charge in [-0.2, -0.15) is 0 Å². The van der Waals surface area contributed by atoms with Gasteiger partial charge in [0.25, 0.3) is 0 Å². The molecule has 1 radical (unpaired) electrons. The van der Waals surface area contributed by atoms with E-state index in [1.165, 1.54) is 0 Å². The van der Waals surface area contributed by atoms with Gasteiger partial charge in [-0.05, 0) is 12.1 Å². The Balaban J connectivity index is 2.53. The molecule has 4 heteroatoms. The number of aromatic nitrogens is 2. The molecule has 1 aromatic carbocycles. The second-order valence-electron chi connectivity index (χ2n) is 2.64. The van der Waals surface area contributed by atoms with Crippen LogP contribution in [0.15, 0.2) is 30.3 Å². The van der Waals surface area contributed by atoms with E-state index >= 15 is 0 Å². The van der Waals surface area contributed by atoms with E-state index in [4.69, 9.17) is 11.5 Å². The summed E-state index contributed by atoms with van der Waals surface area (Å²) in [4.78, 5) is 0. The van der Waals surface area contributed by atoms with Crippen LogP contribution in [-0.4, -0.2) is 9.78 Å². The van der Waals surface area contributed by atoms with Crippen molar-refractivity contribution in [2.45, 2.75) is 0 Å². The predicted octanol–water partition coefficient (Wildman–Crippen LogP) is 0.837. The summed E-state index contributed by atoms with van der Waals surface area (Å²) < 4.78 is 1.55. The average molecular weight is 173 g/mol. The second-order valence-corrected chi connectivity index (χ2v) is 2.64. The van der Waals surface area contributed by atoms with Crippen LogP contribution < -0.4 is 11.5 Å². The Bertz CT molecular complexity index is 405. The zero-order valence-electron chi connectivity index (χ0n) is 6.94. The molecule has 0 spiro atoms. The molecule has 0 amide bonds. The van der Waals surface area contributed by atoms with Crippen LogP contribution in [0.1, 0.15) is 0 Å². The van der Waals surface area contributed by atoms with Crippen LogP contribution in [0.5, 0.6) is 0 Å². The summed E-state index contributed by atoms with van der Waals surface area (Å²) in [5, 5.41) is 3.99. The molecule has 0 aliphatic rings. The third-order valence-electron chi connectivity index (χ3n) is 1.69. The first-order chi connectivity index (χ1) is 6.27. The van der Waals surface area contributed by atoms with E-state index in [1.54, 1.807) is 4.68 Å². The highest BCUT2D eigenvalue weighted by Gasteiger charge is 2.03. The maximum Gasteiger partial charge on any atom is 0.156 e. The monoisotopic (exact) mass is 173 g/mol. The molecular weight excluding hydrogens is 164 g/mol. The average Bonchev–Trinajstić information content (AvgIpc) is 2.47. The number of nitrogens with two attached hydrogens (primary N) is 2. The zero-order valence-corrected chi connectivity index (χ0v) is 6.94. The molecule has 0 fully saturated rings. The van der Waals surface area contributed by atoms with Crippen LogP contribution in [0, 0.1) is 6.07 Å². The number of para-hydroxylation sites is 1. The lowest BCUT2D eigenvalue weighted by Crippen LogP contribution is -2.01. The molecule has 0 aliphatic carbocycles. The molecule has 4 N–H and O–H groups in total. The van der Waals surface area contributed by atoms with Crippen molar-refractivity contribution in [2.24, 2.45) is 0 Å². The lowest BCUT2D eigenvalue weighted by Gasteiger charge is -2.01. The number of hydrogen-bond acceptors (Lipinski definition) is 3.